The Balaban J connectivity index is 2.84. The van der Waals surface area contributed by atoms with E-state index in [0.29, 0.717) is 5.69 Å². The van der Waals surface area contributed by atoms with Crippen molar-refractivity contribution >= 4 is 17.7 Å². The molecule has 7 heteroatoms. The summed E-state index contributed by atoms with van der Waals surface area (Å²) in [5, 5.41) is 8.82. The van der Waals surface area contributed by atoms with Gasteiger partial charge in [0.15, 0.2) is 0 Å². The number of carboxylic acids is 1. The molecule has 0 saturated carbocycles. The van der Waals surface area contributed by atoms with Crippen LogP contribution < -0.4 is 4.90 Å². The summed E-state index contributed by atoms with van der Waals surface area (Å²) in [6.45, 7) is -0.0842. The van der Waals surface area contributed by atoms with Crippen LogP contribution >= 0.6 is 0 Å². The number of carboxylic acid groups (broad SMARTS) is 1. The molecule has 2 amide bonds. The van der Waals surface area contributed by atoms with Crippen LogP contribution in [0.15, 0.2) is 24.3 Å². The zero-order chi connectivity index (χ0) is 15.1. The second-order valence-electron chi connectivity index (χ2n) is 4.13. The molecule has 1 aromatic rings. The van der Waals surface area contributed by atoms with Gasteiger partial charge >= 0.3 is 12.0 Å². The first-order valence-electron chi connectivity index (χ1n) is 5.94. The molecule has 0 heterocycles. The average molecular weight is 284 g/mol. The lowest BCUT2D eigenvalue weighted by Crippen LogP contribution is -2.45. The third-order valence-corrected chi connectivity index (χ3v) is 2.64. The number of rotatable bonds is 6. The summed E-state index contributed by atoms with van der Waals surface area (Å²) in [7, 11) is 2.92. The Labute approximate surface area is 116 Å². The van der Waals surface area contributed by atoms with Gasteiger partial charge in [-0.25, -0.2) is 9.18 Å². The molecule has 1 aromatic carbocycles. The number of benzene rings is 1. The molecule has 0 aliphatic rings. The number of carbonyl (C=O) groups excluding carboxylic acids is 1. The fourth-order valence-electron chi connectivity index (χ4n) is 1.61. The Morgan fingerprint density at radius 2 is 2.10 bits per heavy atom. The van der Waals surface area contributed by atoms with Gasteiger partial charge in [0, 0.05) is 26.4 Å². The molecule has 0 unspecified atom stereocenters. The number of hydrogen-bond acceptors (Lipinski definition) is 3. The summed E-state index contributed by atoms with van der Waals surface area (Å²) < 4.78 is 18.0. The highest BCUT2D eigenvalue weighted by molar-refractivity contribution is 5.93. The van der Waals surface area contributed by atoms with Crippen molar-refractivity contribution in [1.29, 1.82) is 0 Å². The molecule has 1 rings (SSSR count). The number of amides is 2. The van der Waals surface area contributed by atoms with E-state index in [0.717, 1.165) is 4.90 Å². The summed E-state index contributed by atoms with van der Waals surface area (Å²) in [4.78, 5) is 25.3. The standard InChI is InChI=1S/C13H17FN2O4/c1-15(11-5-3-4-10(14)8-11)13(19)16(6-7-20-2)9-12(17)18/h3-5,8H,6-7,9H2,1-2H3,(H,17,18). The van der Waals surface area contributed by atoms with Gasteiger partial charge < -0.3 is 14.7 Å². The van der Waals surface area contributed by atoms with E-state index < -0.39 is 24.4 Å². The first-order valence-corrected chi connectivity index (χ1v) is 5.94. The van der Waals surface area contributed by atoms with Gasteiger partial charge in [-0.3, -0.25) is 9.69 Å². The normalized spacial score (nSPS) is 10.2. The third-order valence-electron chi connectivity index (χ3n) is 2.64. The van der Waals surface area contributed by atoms with Gasteiger partial charge in [-0.1, -0.05) is 6.07 Å². The Morgan fingerprint density at radius 1 is 1.40 bits per heavy atom. The molecule has 110 valence electrons. The van der Waals surface area contributed by atoms with Crippen LogP contribution in [-0.2, 0) is 9.53 Å². The minimum Gasteiger partial charge on any atom is -0.480 e. The molecule has 0 fully saturated rings. The van der Waals surface area contributed by atoms with Crippen LogP contribution in [0.1, 0.15) is 0 Å². The predicted octanol–water partition coefficient (Wildman–Crippen LogP) is 1.41. The number of halogens is 1. The molecule has 0 aromatic heterocycles. The van der Waals surface area contributed by atoms with Gasteiger partial charge in [-0.2, -0.15) is 0 Å². The number of carbonyl (C=O) groups is 2. The van der Waals surface area contributed by atoms with Gasteiger partial charge in [0.25, 0.3) is 0 Å². The maximum atomic E-state index is 13.1. The Morgan fingerprint density at radius 3 is 2.65 bits per heavy atom. The van der Waals surface area contributed by atoms with Crippen molar-refractivity contribution in [3.8, 4) is 0 Å². The van der Waals surface area contributed by atoms with Crippen LogP contribution in [0.25, 0.3) is 0 Å². The smallest absolute Gasteiger partial charge is 0.324 e. The summed E-state index contributed by atoms with van der Waals surface area (Å²) in [6.07, 6.45) is 0. The van der Waals surface area contributed by atoms with Gasteiger partial charge in [0.2, 0.25) is 0 Å². The molecule has 6 nitrogen and oxygen atoms in total. The zero-order valence-electron chi connectivity index (χ0n) is 11.4. The van der Waals surface area contributed by atoms with E-state index in [-0.39, 0.29) is 13.2 Å². The van der Waals surface area contributed by atoms with Crippen molar-refractivity contribution in [3.63, 3.8) is 0 Å². The van der Waals surface area contributed by atoms with E-state index >= 15 is 0 Å². The SMILES string of the molecule is COCCN(CC(=O)O)C(=O)N(C)c1cccc(F)c1. The number of methoxy groups -OCH3 is 1. The molecule has 0 radical (unpaired) electrons. The van der Waals surface area contributed by atoms with Crippen LogP contribution in [0, 0.1) is 5.82 Å². The van der Waals surface area contributed by atoms with Gasteiger partial charge in [0.1, 0.15) is 12.4 Å². The highest BCUT2D eigenvalue weighted by Gasteiger charge is 2.21. The van der Waals surface area contributed by atoms with E-state index in [2.05, 4.69) is 0 Å². The fourth-order valence-corrected chi connectivity index (χ4v) is 1.61. The summed E-state index contributed by atoms with van der Waals surface area (Å²) in [5.41, 5.74) is 0.350. The van der Waals surface area contributed by atoms with E-state index in [4.69, 9.17) is 9.84 Å². The number of nitrogens with zero attached hydrogens (tertiary/aromatic N) is 2. The van der Waals surface area contributed by atoms with Crippen molar-refractivity contribution in [2.24, 2.45) is 0 Å². The van der Waals surface area contributed by atoms with E-state index in [1.165, 1.54) is 37.3 Å². The van der Waals surface area contributed by atoms with Crippen LogP contribution in [0.5, 0.6) is 0 Å². The fraction of sp³-hybridized carbons (Fsp3) is 0.385. The number of anilines is 1. The molecule has 0 spiro atoms. The minimum atomic E-state index is -1.12. The van der Waals surface area contributed by atoms with Crippen molar-refractivity contribution in [2.75, 3.05) is 38.8 Å². The highest BCUT2D eigenvalue weighted by atomic mass is 19.1. The summed E-state index contributed by atoms with van der Waals surface area (Å²) >= 11 is 0. The lowest BCUT2D eigenvalue weighted by Gasteiger charge is -2.26. The first kappa shape index (κ1) is 15.9. The van der Waals surface area contributed by atoms with Crippen LogP contribution in [0.2, 0.25) is 0 Å². The Kier molecular flexibility index (Phi) is 5.92. The zero-order valence-corrected chi connectivity index (χ0v) is 11.4. The second kappa shape index (κ2) is 7.44. The lowest BCUT2D eigenvalue weighted by atomic mass is 10.3. The first-order chi connectivity index (χ1) is 9.45. The quantitative estimate of drug-likeness (QED) is 0.857. The largest absolute Gasteiger partial charge is 0.480 e. The van der Waals surface area contributed by atoms with Crippen LogP contribution in [0.4, 0.5) is 14.9 Å². The summed E-state index contributed by atoms with van der Waals surface area (Å²) in [6, 6.07) is 4.98. The maximum Gasteiger partial charge on any atom is 0.324 e. The van der Waals surface area contributed by atoms with Gasteiger partial charge in [-0.15, -0.1) is 0 Å². The number of hydrogen-bond donors (Lipinski definition) is 1. The highest BCUT2D eigenvalue weighted by Crippen LogP contribution is 2.15. The second-order valence-corrected chi connectivity index (χ2v) is 4.13. The van der Waals surface area contributed by atoms with Gasteiger partial charge in [0.05, 0.1) is 6.61 Å². The monoisotopic (exact) mass is 284 g/mol. The van der Waals surface area contributed by atoms with E-state index in [9.17, 15) is 14.0 Å². The van der Waals surface area contributed by atoms with Crippen LogP contribution in [0.3, 0.4) is 0 Å². The number of ether oxygens (including phenoxy) is 1. The topological polar surface area (TPSA) is 70.1 Å². The van der Waals surface area contributed by atoms with Crippen molar-refractivity contribution < 1.29 is 23.8 Å². The summed E-state index contributed by atoms with van der Waals surface area (Å²) in [5.74, 6) is -1.59. The molecule has 0 bridgehead atoms. The van der Waals surface area contributed by atoms with E-state index in [1.807, 2.05) is 0 Å². The predicted molar refractivity (Wildman–Crippen MR) is 71.3 cm³/mol. The van der Waals surface area contributed by atoms with Crippen molar-refractivity contribution in [2.45, 2.75) is 0 Å². The number of aliphatic carboxylic acids is 1. The Bertz CT molecular complexity index is 481. The maximum absolute atomic E-state index is 13.1. The molecule has 0 aliphatic carbocycles. The van der Waals surface area contributed by atoms with Crippen molar-refractivity contribution in [3.05, 3.63) is 30.1 Å². The molecular formula is C13H17FN2O4. The minimum absolute atomic E-state index is 0.140. The lowest BCUT2D eigenvalue weighted by molar-refractivity contribution is -0.137. The molecule has 20 heavy (non-hydrogen) atoms. The molecular weight excluding hydrogens is 267 g/mol. The molecule has 0 saturated heterocycles. The van der Waals surface area contributed by atoms with Gasteiger partial charge in [-0.05, 0) is 18.2 Å². The molecule has 0 atom stereocenters. The molecule has 0 aliphatic heterocycles. The average Bonchev–Trinajstić information content (AvgIpc) is 2.41. The Hall–Kier alpha value is -2.15. The number of urea groups is 1. The van der Waals surface area contributed by atoms with E-state index in [1.54, 1.807) is 6.07 Å². The molecule has 1 N–H and O–H groups in total. The van der Waals surface area contributed by atoms with Crippen LogP contribution in [-0.4, -0.2) is 55.9 Å². The van der Waals surface area contributed by atoms with Crippen molar-refractivity contribution in [1.82, 2.24) is 4.90 Å². The third kappa shape index (κ3) is 4.51.